The van der Waals surface area contributed by atoms with E-state index < -0.39 is 0 Å². The fourth-order valence-electron chi connectivity index (χ4n) is 3.21. The number of anilines is 1. The number of hydrogen-bond donors (Lipinski definition) is 0. The van der Waals surface area contributed by atoms with E-state index in [0.717, 1.165) is 24.4 Å². The van der Waals surface area contributed by atoms with E-state index in [4.69, 9.17) is 4.74 Å². The van der Waals surface area contributed by atoms with Crippen LogP contribution in [0.2, 0.25) is 0 Å². The Hall–Kier alpha value is -1.75. The molecule has 3 rings (SSSR count). The van der Waals surface area contributed by atoms with Crippen LogP contribution in [-0.2, 0) is 4.74 Å². The minimum absolute atomic E-state index is 0.129. The number of aromatic nitrogens is 3. The van der Waals surface area contributed by atoms with Gasteiger partial charge in [0.05, 0.1) is 6.10 Å². The van der Waals surface area contributed by atoms with E-state index >= 15 is 0 Å². The van der Waals surface area contributed by atoms with Crippen LogP contribution in [0.4, 0.5) is 5.82 Å². The van der Waals surface area contributed by atoms with Crippen LogP contribution in [-0.4, -0.2) is 40.8 Å². The van der Waals surface area contributed by atoms with Gasteiger partial charge in [-0.25, -0.2) is 9.97 Å². The lowest BCUT2D eigenvalue weighted by atomic mass is 9.64. The topological polar surface area (TPSA) is 51.1 Å². The second kappa shape index (κ2) is 5.22. The van der Waals surface area contributed by atoms with E-state index in [1.165, 1.54) is 0 Å². The number of pyridine rings is 1. The zero-order valence-electron chi connectivity index (χ0n) is 13.1. The van der Waals surface area contributed by atoms with Crippen LogP contribution in [0.1, 0.15) is 27.2 Å². The van der Waals surface area contributed by atoms with Crippen LogP contribution >= 0.6 is 0 Å². The Kier molecular flexibility index (Phi) is 3.53. The number of hydrogen-bond acceptors (Lipinski definition) is 5. The lowest BCUT2D eigenvalue weighted by Gasteiger charge is -2.55. The van der Waals surface area contributed by atoms with E-state index in [-0.39, 0.29) is 5.41 Å². The molecule has 2 atom stereocenters. The minimum atomic E-state index is 0.129. The first-order chi connectivity index (χ1) is 10.0. The molecule has 2 heterocycles. The molecule has 0 radical (unpaired) electrons. The van der Waals surface area contributed by atoms with Gasteiger partial charge in [-0.2, -0.15) is 0 Å². The quantitative estimate of drug-likeness (QED) is 0.865. The minimum Gasteiger partial charge on any atom is -0.378 e. The van der Waals surface area contributed by atoms with Crippen LogP contribution in [0.5, 0.6) is 0 Å². The first-order valence-corrected chi connectivity index (χ1v) is 7.46. The summed E-state index contributed by atoms with van der Waals surface area (Å²) in [6, 6.07) is 4.42. The van der Waals surface area contributed by atoms with Gasteiger partial charge < -0.3 is 9.64 Å². The molecule has 0 aromatic carbocycles. The van der Waals surface area contributed by atoms with Crippen molar-refractivity contribution in [3.8, 4) is 0 Å². The molecule has 112 valence electrons. The highest BCUT2D eigenvalue weighted by Crippen LogP contribution is 2.46. The van der Waals surface area contributed by atoms with E-state index in [1.807, 2.05) is 12.1 Å². The van der Waals surface area contributed by atoms with Crippen molar-refractivity contribution in [2.45, 2.75) is 39.3 Å². The molecule has 1 aliphatic rings. The fraction of sp³-hybridized carbons (Fsp3) is 0.562. The third-order valence-corrected chi connectivity index (χ3v) is 4.64. The molecule has 0 aliphatic heterocycles. The number of ether oxygens (including phenoxy) is 1. The molecule has 0 N–H and O–H groups in total. The third kappa shape index (κ3) is 2.35. The summed E-state index contributed by atoms with van der Waals surface area (Å²) in [5, 5.41) is 0. The van der Waals surface area contributed by atoms with E-state index in [9.17, 15) is 0 Å². The van der Waals surface area contributed by atoms with E-state index in [1.54, 1.807) is 12.4 Å². The molecule has 1 fully saturated rings. The van der Waals surface area contributed by atoms with Crippen molar-refractivity contribution in [3.63, 3.8) is 0 Å². The van der Waals surface area contributed by atoms with Crippen molar-refractivity contribution in [3.05, 3.63) is 24.5 Å². The average Bonchev–Trinajstić information content (AvgIpc) is 2.50. The zero-order valence-corrected chi connectivity index (χ0v) is 13.1. The molecule has 0 spiro atoms. The van der Waals surface area contributed by atoms with Gasteiger partial charge in [-0.3, -0.25) is 4.98 Å². The normalized spacial score (nSPS) is 23.8. The molecular formula is C16H22N4O. The second-order valence-corrected chi connectivity index (χ2v) is 6.20. The van der Waals surface area contributed by atoms with Gasteiger partial charge in [0.15, 0.2) is 5.65 Å². The Labute approximate surface area is 125 Å². The molecule has 2 aromatic heterocycles. The van der Waals surface area contributed by atoms with E-state index in [2.05, 4.69) is 47.7 Å². The monoisotopic (exact) mass is 286 g/mol. The maximum atomic E-state index is 5.81. The van der Waals surface area contributed by atoms with Crippen molar-refractivity contribution in [1.29, 1.82) is 0 Å². The van der Waals surface area contributed by atoms with Gasteiger partial charge in [0.2, 0.25) is 0 Å². The number of rotatable bonds is 4. The highest BCUT2D eigenvalue weighted by atomic mass is 16.5. The molecule has 21 heavy (non-hydrogen) atoms. The summed E-state index contributed by atoms with van der Waals surface area (Å²) < 4.78 is 5.81. The van der Waals surface area contributed by atoms with Crippen LogP contribution in [0.25, 0.3) is 11.2 Å². The second-order valence-electron chi connectivity index (χ2n) is 6.20. The van der Waals surface area contributed by atoms with Gasteiger partial charge in [-0.05, 0) is 25.5 Å². The molecular weight excluding hydrogens is 264 g/mol. The Morgan fingerprint density at radius 1 is 1.29 bits per heavy atom. The molecule has 0 bridgehead atoms. The summed E-state index contributed by atoms with van der Waals surface area (Å²) in [7, 11) is 2.10. The Morgan fingerprint density at radius 3 is 2.76 bits per heavy atom. The molecule has 1 saturated carbocycles. The Morgan fingerprint density at radius 2 is 2.05 bits per heavy atom. The van der Waals surface area contributed by atoms with Crippen LogP contribution < -0.4 is 4.90 Å². The fourth-order valence-corrected chi connectivity index (χ4v) is 3.21. The van der Waals surface area contributed by atoms with Gasteiger partial charge >= 0.3 is 0 Å². The number of nitrogens with zero attached hydrogens (tertiary/aromatic N) is 4. The summed E-state index contributed by atoms with van der Waals surface area (Å²) in [5.74, 6) is 0.941. The predicted molar refractivity (Wildman–Crippen MR) is 83.3 cm³/mol. The molecule has 5 heteroatoms. The molecule has 0 amide bonds. The largest absolute Gasteiger partial charge is 0.378 e. The van der Waals surface area contributed by atoms with Crippen molar-refractivity contribution >= 4 is 17.0 Å². The smallest absolute Gasteiger partial charge is 0.180 e. The Balaban J connectivity index is 1.83. The van der Waals surface area contributed by atoms with Crippen LogP contribution in [0.3, 0.4) is 0 Å². The maximum absolute atomic E-state index is 5.81. The highest BCUT2D eigenvalue weighted by Gasteiger charge is 2.51. The van der Waals surface area contributed by atoms with Gasteiger partial charge in [-0.15, -0.1) is 0 Å². The maximum Gasteiger partial charge on any atom is 0.180 e. The van der Waals surface area contributed by atoms with Crippen molar-refractivity contribution < 1.29 is 4.74 Å². The lowest BCUT2D eigenvalue weighted by Crippen LogP contribution is -2.61. The molecule has 1 aliphatic carbocycles. The standard InChI is InChI=1S/C16H22N4O/c1-5-21-13-10-12(16(13,2)3)20(4)14-7-6-11-15(19-14)18-9-8-17-11/h6-9,12-13H,5,10H2,1-4H3. The number of fused-ring (bicyclic) bond motifs is 1. The SMILES string of the molecule is CCOC1CC(N(C)c2ccc3nccnc3n2)C1(C)C. The molecule has 2 aromatic rings. The summed E-state index contributed by atoms with van der Waals surface area (Å²) in [6.45, 7) is 7.35. The van der Waals surface area contributed by atoms with E-state index in [0.29, 0.717) is 17.8 Å². The van der Waals surface area contributed by atoms with Crippen LogP contribution in [0, 0.1) is 5.41 Å². The van der Waals surface area contributed by atoms with Gasteiger partial charge in [-0.1, -0.05) is 13.8 Å². The summed E-state index contributed by atoms with van der Waals surface area (Å²) in [6.07, 6.45) is 4.74. The molecule has 0 saturated heterocycles. The predicted octanol–water partition coefficient (Wildman–Crippen LogP) is 2.66. The summed E-state index contributed by atoms with van der Waals surface area (Å²) in [4.78, 5) is 15.4. The van der Waals surface area contributed by atoms with Crippen LogP contribution in [0.15, 0.2) is 24.5 Å². The molecule has 2 unspecified atom stereocenters. The van der Waals surface area contributed by atoms with Crippen molar-refractivity contribution in [1.82, 2.24) is 15.0 Å². The van der Waals surface area contributed by atoms with Crippen molar-refractivity contribution in [2.75, 3.05) is 18.6 Å². The van der Waals surface area contributed by atoms with Crippen molar-refractivity contribution in [2.24, 2.45) is 5.41 Å². The van der Waals surface area contributed by atoms with Gasteiger partial charge in [0, 0.05) is 37.5 Å². The average molecular weight is 286 g/mol. The highest BCUT2D eigenvalue weighted by molar-refractivity contribution is 5.71. The first-order valence-electron chi connectivity index (χ1n) is 7.46. The van der Waals surface area contributed by atoms with Gasteiger partial charge in [0.1, 0.15) is 11.3 Å². The lowest BCUT2D eigenvalue weighted by molar-refractivity contribution is -0.104. The molecule has 5 nitrogen and oxygen atoms in total. The first kappa shape index (κ1) is 14.2. The zero-order chi connectivity index (χ0) is 15.0. The summed E-state index contributed by atoms with van der Waals surface area (Å²) in [5.41, 5.74) is 1.65. The third-order valence-electron chi connectivity index (χ3n) is 4.64. The Bertz CT molecular complexity index is 643. The van der Waals surface area contributed by atoms with Gasteiger partial charge in [0.25, 0.3) is 0 Å². The summed E-state index contributed by atoms with van der Waals surface area (Å²) >= 11 is 0.